The van der Waals surface area contributed by atoms with Crippen molar-refractivity contribution in [2.45, 2.75) is 71.5 Å². The Labute approximate surface area is 178 Å². The molecule has 2 aromatic carbocycles. The zero-order valence-electron chi connectivity index (χ0n) is 18.1. The molecule has 0 heterocycles. The fraction of sp³-hybridized carbons (Fsp3) is 0.440. The molecule has 30 heavy (non-hydrogen) atoms. The van der Waals surface area contributed by atoms with Gasteiger partial charge in [-0.1, -0.05) is 43.2 Å². The second-order valence-corrected chi connectivity index (χ2v) is 8.41. The van der Waals surface area contributed by atoms with Gasteiger partial charge in [0.05, 0.1) is 6.42 Å². The van der Waals surface area contributed by atoms with Crippen molar-refractivity contribution < 1.29 is 14.0 Å². The van der Waals surface area contributed by atoms with Crippen LogP contribution in [0.2, 0.25) is 0 Å². The second kappa shape index (κ2) is 9.88. The Morgan fingerprint density at radius 2 is 1.67 bits per heavy atom. The van der Waals surface area contributed by atoms with Gasteiger partial charge in [0.1, 0.15) is 11.9 Å². The summed E-state index contributed by atoms with van der Waals surface area (Å²) in [5.41, 5.74) is 4.04. The number of amides is 2. The Morgan fingerprint density at radius 1 is 1.03 bits per heavy atom. The van der Waals surface area contributed by atoms with Crippen molar-refractivity contribution in [1.29, 1.82) is 0 Å². The molecule has 0 saturated heterocycles. The molecule has 2 aromatic rings. The van der Waals surface area contributed by atoms with E-state index in [0.717, 1.165) is 42.4 Å². The molecule has 0 bridgehead atoms. The van der Waals surface area contributed by atoms with Gasteiger partial charge in [-0.05, 0) is 68.0 Å². The molecule has 1 N–H and O–H groups in total. The second-order valence-electron chi connectivity index (χ2n) is 8.41. The first kappa shape index (κ1) is 22.0. The summed E-state index contributed by atoms with van der Waals surface area (Å²) < 4.78 is 13.3. The molecular weight excluding hydrogens is 379 g/mol. The third-order valence-electron chi connectivity index (χ3n) is 6.06. The fourth-order valence-corrected chi connectivity index (χ4v) is 3.95. The van der Waals surface area contributed by atoms with Gasteiger partial charge in [0.25, 0.3) is 0 Å². The Morgan fingerprint density at radius 3 is 2.30 bits per heavy atom. The highest BCUT2D eigenvalue weighted by molar-refractivity contribution is 5.88. The van der Waals surface area contributed by atoms with E-state index in [0.29, 0.717) is 0 Å². The normalized spacial score (nSPS) is 15.1. The molecule has 2 amide bonds. The monoisotopic (exact) mass is 410 g/mol. The average Bonchev–Trinajstić information content (AvgIpc) is 3.22. The Kier molecular flexibility index (Phi) is 7.24. The lowest BCUT2D eigenvalue weighted by atomic mass is 10.0. The summed E-state index contributed by atoms with van der Waals surface area (Å²) >= 11 is 0. The number of nitrogens with zero attached hydrogens (tertiary/aromatic N) is 1. The first-order valence-electron chi connectivity index (χ1n) is 10.7. The molecule has 1 atom stereocenters. The van der Waals surface area contributed by atoms with Crippen LogP contribution in [0.15, 0.2) is 42.5 Å². The van der Waals surface area contributed by atoms with E-state index in [-0.39, 0.29) is 36.6 Å². The van der Waals surface area contributed by atoms with Gasteiger partial charge in [-0.25, -0.2) is 4.39 Å². The lowest BCUT2D eigenvalue weighted by Crippen LogP contribution is -2.50. The van der Waals surface area contributed by atoms with Crippen molar-refractivity contribution in [3.63, 3.8) is 0 Å². The smallest absolute Gasteiger partial charge is 0.242 e. The predicted molar refractivity (Wildman–Crippen MR) is 116 cm³/mol. The van der Waals surface area contributed by atoms with Gasteiger partial charge in [-0.3, -0.25) is 9.59 Å². The number of hydrogen-bond acceptors (Lipinski definition) is 2. The van der Waals surface area contributed by atoms with Gasteiger partial charge in [-0.15, -0.1) is 0 Å². The number of hydrogen-bond donors (Lipinski definition) is 1. The number of aryl methyl sites for hydroxylation is 2. The minimum Gasteiger partial charge on any atom is -0.352 e. The molecule has 1 fully saturated rings. The Balaban J connectivity index is 1.77. The van der Waals surface area contributed by atoms with Crippen LogP contribution in [0, 0.1) is 19.7 Å². The lowest BCUT2D eigenvalue weighted by Gasteiger charge is -2.30. The van der Waals surface area contributed by atoms with Crippen LogP contribution < -0.4 is 5.32 Å². The summed E-state index contributed by atoms with van der Waals surface area (Å²) in [6, 6.07) is 11.7. The van der Waals surface area contributed by atoms with Crippen molar-refractivity contribution >= 4 is 11.8 Å². The van der Waals surface area contributed by atoms with Crippen LogP contribution >= 0.6 is 0 Å². The molecule has 4 nitrogen and oxygen atoms in total. The molecule has 5 heteroatoms. The van der Waals surface area contributed by atoms with Crippen LogP contribution in [0.25, 0.3) is 0 Å². The quantitative estimate of drug-likeness (QED) is 0.733. The zero-order chi connectivity index (χ0) is 21.7. The minimum absolute atomic E-state index is 0.114. The van der Waals surface area contributed by atoms with Crippen molar-refractivity contribution in [3.8, 4) is 0 Å². The van der Waals surface area contributed by atoms with Crippen molar-refractivity contribution in [1.82, 2.24) is 10.2 Å². The Bertz CT molecular complexity index is 889. The summed E-state index contributed by atoms with van der Waals surface area (Å²) in [5, 5.41) is 3.10. The van der Waals surface area contributed by atoms with Crippen molar-refractivity contribution in [2.75, 3.05) is 0 Å². The van der Waals surface area contributed by atoms with E-state index in [4.69, 9.17) is 0 Å². The topological polar surface area (TPSA) is 49.4 Å². The van der Waals surface area contributed by atoms with E-state index < -0.39 is 6.04 Å². The van der Waals surface area contributed by atoms with Gasteiger partial charge in [0, 0.05) is 12.6 Å². The molecule has 0 spiro atoms. The first-order chi connectivity index (χ1) is 14.3. The van der Waals surface area contributed by atoms with Crippen LogP contribution in [-0.4, -0.2) is 28.8 Å². The fourth-order valence-electron chi connectivity index (χ4n) is 3.95. The predicted octanol–water partition coefficient (Wildman–Crippen LogP) is 4.46. The van der Waals surface area contributed by atoms with E-state index in [1.165, 1.54) is 17.7 Å². The van der Waals surface area contributed by atoms with Crippen molar-refractivity contribution in [3.05, 3.63) is 70.5 Å². The maximum atomic E-state index is 13.3. The number of nitrogens with one attached hydrogen (secondary N) is 1. The number of rotatable bonds is 7. The molecule has 1 aliphatic rings. The number of carbonyl (C=O) groups excluding carboxylic acids is 2. The number of halogens is 1. The van der Waals surface area contributed by atoms with Gasteiger partial charge in [-0.2, -0.15) is 0 Å². The molecule has 0 aliphatic heterocycles. The van der Waals surface area contributed by atoms with E-state index in [2.05, 4.69) is 5.32 Å². The van der Waals surface area contributed by atoms with Crippen LogP contribution in [-0.2, 0) is 22.6 Å². The van der Waals surface area contributed by atoms with Gasteiger partial charge >= 0.3 is 0 Å². The summed E-state index contributed by atoms with van der Waals surface area (Å²) in [5.74, 6) is -0.562. The summed E-state index contributed by atoms with van der Waals surface area (Å²) in [6.07, 6.45) is 4.47. The van der Waals surface area contributed by atoms with Crippen LogP contribution in [0.5, 0.6) is 0 Å². The highest BCUT2D eigenvalue weighted by Crippen LogP contribution is 2.19. The Hall–Kier alpha value is -2.69. The SMILES string of the molecule is Cc1ccc(CC(=O)N(Cc2ccc(F)cc2)[C@@H](C)C(=O)NC2CCCC2)cc1C. The summed E-state index contributed by atoms with van der Waals surface area (Å²) in [7, 11) is 0. The largest absolute Gasteiger partial charge is 0.352 e. The molecule has 0 aromatic heterocycles. The summed E-state index contributed by atoms with van der Waals surface area (Å²) in [4.78, 5) is 27.7. The molecule has 1 saturated carbocycles. The van der Waals surface area contributed by atoms with E-state index in [1.54, 1.807) is 24.0 Å². The first-order valence-corrected chi connectivity index (χ1v) is 10.7. The van der Waals surface area contributed by atoms with E-state index in [1.807, 2.05) is 32.0 Å². The molecule has 0 unspecified atom stereocenters. The highest BCUT2D eigenvalue weighted by Gasteiger charge is 2.28. The van der Waals surface area contributed by atoms with Crippen molar-refractivity contribution in [2.24, 2.45) is 0 Å². The molecular formula is C25H31FN2O2. The molecule has 3 rings (SSSR count). The lowest BCUT2D eigenvalue weighted by molar-refractivity contribution is -0.140. The maximum absolute atomic E-state index is 13.3. The molecule has 0 radical (unpaired) electrons. The standard InChI is InChI=1S/C25H31FN2O2/c1-17-8-9-21(14-18(17)2)15-24(29)28(16-20-10-12-22(26)13-11-20)19(3)25(30)27-23-6-4-5-7-23/h8-14,19,23H,4-7,15-16H2,1-3H3,(H,27,30)/t19-/m0/s1. The van der Waals surface area contributed by atoms with Crippen LogP contribution in [0.1, 0.15) is 54.9 Å². The third-order valence-corrected chi connectivity index (χ3v) is 6.06. The number of benzene rings is 2. The van der Waals surface area contributed by atoms with E-state index in [9.17, 15) is 14.0 Å². The number of carbonyl (C=O) groups is 2. The maximum Gasteiger partial charge on any atom is 0.242 e. The zero-order valence-corrected chi connectivity index (χ0v) is 18.1. The summed E-state index contributed by atoms with van der Waals surface area (Å²) in [6.45, 7) is 6.10. The highest BCUT2D eigenvalue weighted by atomic mass is 19.1. The van der Waals surface area contributed by atoms with Gasteiger partial charge < -0.3 is 10.2 Å². The molecule has 160 valence electrons. The third kappa shape index (κ3) is 5.68. The van der Waals surface area contributed by atoms with Gasteiger partial charge in [0.15, 0.2) is 0 Å². The van der Waals surface area contributed by atoms with Crippen LogP contribution in [0.3, 0.4) is 0 Å². The average molecular weight is 411 g/mol. The van der Waals surface area contributed by atoms with Crippen LogP contribution in [0.4, 0.5) is 4.39 Å². The van der Waals surface area contributed by atoms with Gasteiger partial charge in [0.2, 0.25) is 11.8 Å². The van der Waals surface area contributed by atoms with E-state index >= 15 is 0 Å². The minimum atomic E-state index is -0.602. The molecule has 1 aliphatic carbocycles.